The van der Waals surface area contributed by atoms with E-state index in [1.165, 1.54) is 35.1 Å². The molecule has 4 N–H and O–H groups in total. The molecule has 10 heteroatoms. The minimum Gasteiger partial charge on any atom is -0.482 e. The zero-order valence-electron chi connectivity index (χ0n) is 17.6. The maximum absolute atomic E-state index is 14.2. The van der Waals surface area contributed by atoms with Crippen LogP contribution in [0.3, 0.4) is 0 Å². The highest BCUT2D eigenvalue weighted by atomic mass is 79.9. The van der Waals surface area contributed by atoms with E-state index in [0.717, 1.165) is 0 Å². The van der Waals surface area contributed by atoms with Gasteiger partial charge in [-0.3, -0.25) is 4.99 Å². The molecule has 2 heterocycles. The van der Waals surface area contributed by atoms with Crippen molar-refractivity contribution in [2.24, 2.45) is 10.7 Å². The predicted octanol–water partition coefficient (Wildman–Crippen LogP) is 4.51. The molecule has 0 amide bonds. The van der Waals surface area contributed by atoms with Gasteiger partial charge in [0.2, 0.25) is 5.95 Å². The van der Waals surface area contributed by atoms with Gasteiger partial charge in [-0.05, 0) is 65.8 Å². The Morgan fingerprint density at radius 1 is 1.31 bits per heavy atom. The normalized spacial score (nSPS) is 13.0. The highest BCUT2D eigenvalue weighted by Gasteiger charge is 2.20. The molecule has 1 unspecified atom stereocenters. The third kappa shape index (κ3) is 5.50. The van der Waals surface area contributed by atoms with Crippen molar-refractivity contribution in [1.29, 1.82) is 0 Å². The molecule has 0 aliphatic rings. The van der Waals surface area contributed by atoms with Crippen LogP contribution >= 0.6 is 15.9 Å². The van der Waals surface area contributed by atoms with Crippen molar-refractivity contribution in [3.63, 3.8) is 0 Å². The third-order valence-corrected chi connectivity index (χ3v) is 5.03. The number of nitrogens with zero attached hydrogens (tertiary/aromatic N) is 4. The van der Waals surface area contributed by atoms with Crippen molar-refractivity contribution in [3.05, 3.63) is 75.8 Å². The van der Waals surface area contributed by atoms with E-state index < -0.39 is 17.9 Å². The first-order valence-corrected chi connectivity index (χ1v) is 10.6. The van der Waals surface area contributed by atoms with Gasteiger partial charge < -0.3 is 16.2 Å². The molecule has 0 fully saturated rings. The Kier molecular flexibility index (Phi) is 7.57. The summed E-state index contributed by atoms with van der Waals surface area (Å²) in [5, 5.41) is 3.97. The van der Waals surface area contributed by atoms with Crippen LogP contribution in [0.4, 0.5) is 14.6 Å². The molecule has 0 saturated carbocycles. The largest absolute Gasteiger partial charge is 0.482 e. The Bertz CT molecular complexity index is 1160. The highest BCUT2D eigenvalue weighted by molar-refractivity contribution is 9.10. The van der Waals surface area contributed by atoms with E-state index in [1.54, 1.807) is 25.4 Å². The molecule has 32 heavy (non-hydrogen) atoms. The number of nitrogen functional groups attached to an aromatic ring is 1. The summed E-state index contributed by atoms with van der Waals surface area (Å²) in [6.07, 6.45) is 4.23. The molecule has 3 aromatic rings. The number of nitrogens with two attached hydrogens (primary N) is 2. The summed E-state index contributed by atoms with van der Waals surface area (Å²) in [7, 11) is 0. The first-order chi connectivity index (χ1) is 15.3. The van der Waals surface area contributed by atoms with E-state index in [0.29, 0.717) is 39.3 Å². The smallest absolute Gasteiger partial charge is 0.233 e. The van der Waals surface area contributed by atoms with Gasteiger partial charge in [-0.25, -0.2) is 14.1 Å². The fraction of sp³-hybridized carbons (Fsp3) is 0.227. The maximum Gasteiger partial charge on any atom is 0.233 e. The summed E-state index contributed by atoms with van der Waals surface area (Å²) in [5.41, 5.74) is 13.7. The van der Waals surface area contributed by atoms with Crippen LogP contribution in [0.5, 0.6) is 5.75 Å². The molecule has 0 saturated heterocycles. The number of ether oxygens (including phenoxy) is 1. The Hall–Kier alpha value is -3.27. The number of benzene rings is 1. The topological polar surface area (TPSA) is 104 Å². The SMILES string of the molecule is CCN=CC(=CN)Cc1cc(F)nn1-c1ccc(F)cc1C(C)Oc1cc(Br)cnc1N. The molecular weight excluding hydrogens is 482 g/mol. The molecule has 7 nitrogen and oxygen atoms in total. The lowest BCUT2D eigenvalue weighted by Gasteiger charge is -2.20. The third-order valence-electron chi connectivity index (χ3n) is 4.60. The van der Waals surface area contributed by atoms with Crippen molar-refractivity contribution in [3.8, 4) is 11.4 Å². The Labute approximate surface area is 192 Å². The first-order valence-electron chi connectivity index (χ1n) is 9.84. The van der Waals surface area contributed by atoms with Crippen LogP contribution in [0.25, 0.3) is 5.69 Å². The van der Waals surface area contributed by atoms with E-state index in [2.05, 4.69) is 31.0 Å². The highest BCUT2D eigenvalue weighted by Crippen LogP contribution is 2.32. The van der Waals surface area contributed by atoms with Gasteiger partial charge in [-0.15, -0.1) is 5.10 Å². The molecule has 0 radical (unpaired) electrons. The summed E-state index contributed by atoms with van der Waals surface area (Å²) in [5.74, 6) is -0.616. The zero-order valence-corrected chi connectivity index (χ0v) is 19.2. The van der Waals surface area contributed by atoms with Crippen LogP contribution in [0, 0.1) is 11.8 Å². The Balaban J connectivity index is 2.01. The number of rotatable bonds is 8. The van der Waals surface area contributed by atoms with Gasteiger partial charge in [0.15, 0.2) is 11.6 Å². The predicted molar refractivity (Wildman–Crippen MR) is 124 cm³/mol. The number of hydrogen-bond acceptors (Lipinski definition) is 6. The van der Waals surface area contributed by atoms with E-state index in [-0.39, 0.29) is 12.2 Å². The quantitative estimate of drug-likeness (QED) is 0.439. The van der Waals surface area contributed by atoms with Crippen molar-refractivity contribution in [1.82, 2.24) is 14.8 Å². The molecule has 0 spiro atoms. The summed E-state index contributed by atoms with van der Waals surface area (Å²) in [6.45, 7) is 4.22. The van der Waals surface area contributed by atoms with E-state index in [1.807, 2.05) is 6.92 Å². The van der Waals surface area contributed by atoms with Crippen LogP contribution in [0.2, 0.25) is 0 Å². The second-order valence-corrected chi connectivity index (χ2v) is 7.83. The minimum absolute atomic E-state index is 0.191. The second-order valence-electron chi connectivity index (χ2n) is 6.92. The van der Waals surface area contributed by atoms with Crippen molar-refractivity contribution in [2.45, 2.75) is 26.4 Å². The van der Waals surface area contributed by atoms with Gasteiger partial charge in [0.1, 0.15) is 11.9 Å². The summed E-state index contributed by atoms with van der Waals surface area (Å²) in [4.78, 5) is 8.22. The van der Waals surface area contributed by atoms with Gasteiger partial charge in [-0.1, -0.05) is 0 Å². The van der Waals surface area contributed by atoms with Crippen LogP contribution in [0.15, 0.2) is 57.8 Å². The molecule has 0 aliphatic carbocycles. The number of hydrogen-bond donors (Lipinski definition) is 2. The van der Waals surface area contributed by atoms with Gasteiger partial charge >= 0.3 is 0 Å². The Morgan fingerprint density at radius 2 is 2.09 bits per heavy atom. The van der Waals surface area contributed by atoms with Crippen LogP contribution in [0.1, 0.15) is 31.2 Å². The van der Waals surface area contributed by atoms with Gasteiger partial charge in [-0.2, -0.15) is 4.39 Å². The lowest BCUT2D eigenvalue weighted by atomic mass is 10.1. The number of aliphatic imine (C=N–C) groups is 1. The molecule has 1 atom stereocenters. The van der Waals surface area contributed by atoms with Crippen molar-refractivity contribution >= 4 is 28.0 Å². The second kappa shape index (κ2) is 10.4. The standard InChI is InChI=1S/C22H23BrF2N6O/c1-3-28-11-14(10-26)6-17-9-21(25)30-31(17)19-5-4-16(24)8-18(19)13(2)32-20-7-15(23)12-29-22(20)27/h4-5,7-13H,3,6,26H2,1-2H3,(H2,27,29). The summed E-state index contributed by atoms with van der Waals surface area (Å²) < 4.78 is 36.4. The number of pyridine rings is 1. The molecular formula is C22H23BrF2N6O. The van der Waals surface area contributed by atoms with E-state index >= 15 is 0 Å². The molecule has 168 valence electrons. The molecule has 2 aromatic heterocycles. The Morgan fingerprint density at radius 3 is 2.81 bits per heavy atom. The molecule has 3 rings (SSSR count). The van der Waals surface area contributed by atoms with E-state index in [4.69, 9.17) is 16.2 Å². The van der Waals surface area contributed by atoms with Crippen LogP contribution in [-0.4, -0.2) is 27.5 Å². The average Bonchev–Trinajstić information content (AvgIpc) is 3.13. The van der Waals surface area contributed by atoms with Crippen molar-refractivity contribution in [2.75, 3.05) is 12.3 Å². The maximum atomic E-state index is 14.2. The lowest BCUT2D eigenvalue weighted by molar-refractivity contribution is 0.226. The monoisotopic (exact) mass is 504 g/mol. The summed E-state index contributed by atoms with van der Waals surface area (Å²) in [6, 6.07) is 7.10. The van der Waals surface area contributed by atoms with Gasteiger partial charge in [0.25, 0.3) is 0 Å². The number of anilines is 1. The molecule has 0 bridgehead atoms. The molecule has 0 aliphatic heterocycles. The molecule has 1 aromatic carbocycles. The van der Waals surface area contributed by atoms with Crippen molar-refractivity contribution < 1.29 is 13.5 Å². The fourth-order valence-electron chi connectivity index (χ4n) is 3.11. The van der Waals surface area contributed by atoms with Crippen LogP contribution in [-0.2, 0) is 6.42 Å². The van der Waals surface area contributed by atoms with Gasteiger partial charge in [0, 0.05) is 41.5 Å². The minimum atomic E-state index is -0.673. The van der Waals surface area contributed by atoms with E-state index in [9.17, 15) is 8.78 Å². The first kappa shape index (κ1) is 23.4. The number of aromatic nitrogens is 3. The number of halogens is 3. The fourth-order valence-corrected chi connectivity index (χ4v) is 3.42. The zero-order chi connectivity index (χ0) is 23.3. The number of allylic oxidation sites excluding steroid dienone is 1. The lowest BCUT2D eigenvalue weighted by Crippen LogP contribution is -2.13. The average molecular weight is 505 g/mol. The van der Waals surface area contributed by atoms with Gasteiger partial charge in [0.05, 0.1) is 11.4 Å². The van der Waals surface area contributed by atoms with Crippen LogP contribution < -0.4 is 16.2 Å². The summed E-state index contributed by atoms with van der Waals surface area (Å²) >= 11 is 3.33.